The average Bonchev–Trinajstić information content (AvgIpc) is 3.58. The number of fused-ring (bicyclic) bond motifs is 4. The van der Waals surface area contributed by atoms with Gasteiger partial charge in [0, 0.05) is 37.7 Å². The SMILES string of the molecule is O=C1CCC(N2C(=O)c3cccc(NCCOCCOCCOCCCNC(=O)OCC4c5ccccc5-c5ccccc54)c3C2=O)C(=O)N1. The zero-order valence-corrected chi connectivity index (χ0v) is 27.6. The van der Waals surface area contributed by atoms with Gasteiger partial charge in [-0.25, -0.2) is 4.79 Å². The molecule has 0 aromatic heterocycles. The lowest BCUT2D eigenvalue weighted by molar-refractivity contribution is -0.136. The first-order chi connectivity index (χ1) is 24.4. The molecule has 2 heterocycles. The molecule has 1 aliphatic carbocycles. The van der Waals surface area contributed by atoms with Crippen molar-refractivity contribution in [2.24, 2.45) is 0 Å². The summed E-state index contributed by atoms with van der Waals surface area (Å²) in [6.45, 7) is 3.44. The maximum atomic E-state index is 13.2. The molecule has 3 aliphatic rings. The first kappa shape index (κ1) is 34.7. The molecule has 3 N–H and O–H groups in total. The van der Waals surface area contributed by atoms with Gasteiger partial charge in [-0.2, -0.15) is 0 Å². The van der Waals surface area contributed by atoms with E-state index < -0.39 is 35.8 Å². The smallest absolute Gasteiger partial charge is 0.407 e. The fourth-order valence-electron chi connectivity index (χ4n) is 6.48. The zero-order chi connectivity index (χ0) is 34.9. The molecule has 6 rings (SSSR count). The summed E-state index contributed by atoms with van der Waals surface area (Å²) in [7, 11) is 0. The molecule has 5 amide bonds. The Kier molecular flexibility index (Phi) is 11.5. The Balaban J connectivity index is 0.782. The van der Waals surface area contributed by atoms with E-state index in [1.54, 1.807) is 18.2 Å². The number of piperidine rings is 1. The van der Waals surface area contributed by atoms with Crippen molar-refractivity contribution in [1.82, 2.24) is 15.5 Å². The van der Waals surface area contributed by atoms with Crippen LogP contribution in [0.5, 0.6) is 0 Å². The fourth-order valence-corrected chi connectivity index (χ4v) is 6.48. The van der Waals surface area contributed by atoms with Gasteiger partial charge in [0.25, 0.3) is 11.8 Å². The largest absolute Gasteiger partial charge is 0.449 e. The summed E-state index contributed by atoms with van der Waals surface area (Å²) in [5.74, 6) is -2.15. The van der Waals surface area contributed by atoms with Crippen LogP contribution in [-0.4, -0.2) is 100 Å². The maximum absolute atomic E-state index is 13.2. The number of ether oxygens (including phenoxy) is 4. The summed E-state index contributed by atoms with van der Waals surface area (Å²) < 4.78 is 22.3. The standard InChI is InChI=1S/C37H40N4O9/c42-32-14-13-31(34(43)40-32)41-35(44)28-11-5-12-30(33(28)36(41)45)38-16-18-48-20-22-49-21-19-47-17-6-15-39-37(46)50-23-29-26-9-3-1-7-24(26)25-8-2-4-10-27(25)29/h1-5,7-12,29,31,38H,6,13-23H2,(H,39,46)(H,40,42,43). The van der Waals surface area contributed by atoms with Crippen molar-refractivity contribution in [1.29, 1.82) is 0 Å². The molecule has 262 valence electrons. The van der Waals surface area contributed by atoms with Gasteiger partial charge in [0.05, 0.1) is 44.2 Å². The summed E-state index contributed by atoms with van der Waals surface area (Å²) in [6, 6.07) is 20.3. The molecule has 0 bridgehead atoms. The van der Waals surface area contributed by atoms with Crippen molar-refractivity contribution in [3.63, 3.8) is 0 Å². The number of carbonyl (C=O) groups excluding carboxylic acids is 5. The number of benzene rings is 3. The molecular formula is C37H40N4O9. The van der Waals surface area contributed by atoms with Crippen molar-refractivity contribution in [3.05, 3.63) is 89.0 Å². The molecule has 2 aliphatic heterocycles. The number of hydrogen-bond donors (Lipinski definition) is 3. The van der Waals surface area contributed by atoms with Gasteiger partial charge in [0.1, 0.15) is 12.6 Å². The molecule has 1 unspecified atom stereocenters. The van der Waals surface area contributed by atoms with Crippen LogP contribution in [0, 0.1) is 0 Å². The Bertz CT molecular complexity index is 1700. The predicted octanol–water partition coefficient (Wildman–Crippen LogP) is 3.48. The van der Waals surface area contributed by atoms with Gasteiger partial charge in [0.15, 0.2) is 0 Å². The van der Waals surface area contributed by atoms with E-state index in [9.17, 15) is 24.0 Å². The minimum Gasteiger partial charge on any atom is -0.449 e. The van der Waals surface area contributed by atoms with Crippen LogP contribution in [0.1, 0.15) is 57.0 Å². The molecule has 0 spiro atoms. The second-order valence-electron chi connectivity index (χ2n) is 12.0. The van der Waals surface area contributed by atoms with Gasteiger partial charge < -0.3 is 29.6 Å². The minimum absolute atomic E-state index is 0.0235. The number of anilines is 1. The number of alkyl carbamates (subject to hydrolysis) is 1. The van der Waals surface area contributed by atoms with Crippen LogP contribution in [0.4, 0.5) is 10.5 Å². The Labute approximate surface area is 289 Å². The van der Waals surface area contributed by atoms with E-state index in [1.165, 1.54) is 22.3 Å². The molecule has 13 heteroatoms. The Morgan fingerprint density at radius 2 is 1.38 bits per heavy atom. The quantitative estimate of drug-likeness (QED) is 0.142. The molecule has 0 radical (unpaired) electrons. The summed E-state index contributed by atoms with van der Waals surface area (Å²) in [5.41, 5.74) is 5.62. The van der Waals surface area contributed by atoms with Crippen molar-refractivity contribution >= 4 is 35.4 Å². The molecule has 3 aromatic carbocycles. The van der Waals surface area contributed by atoms with Crippen molar-refractivity contribution in [2.75, 3.05) is 64.7 Å². The number of nitrogens with one attached hydrogen (secondary N) is 3. The number of hydrogen-bond acceptors (Lipinski definition) is 10. The fraction of sp³-hybridized carbons (Fsp3) is 0.378. The predicted molar refractivity (Wildman–Crippen MR) is 182 cm³/mol. The van der Waals surface area contributed by atoms with Crippen LogP contribution in [0.15, 0.2) is 66.7 Å². The van der Waals surface area contributed by atoms with Gasteiger partial charge in [-0.05, 0) is 47.2 Å². The first-order valence-electron chi connectivity index (χ1n) is 16.8. The van der Waals surface area contributed by atoms with Crippen LogP contribution in [-0.2, 0) is 28.5 Å². The van der Waals surface area contributed by atoms with Crippen LogP contribution in [0.2, 0.25) is 0 Å². The number of nitrogens with zero attached hydrogens (tertiary/aromatic N) is 1. The second kappa shape index (κ2) is 16.5. The molecule has 13 nitrogen and oxygen atoms in total. The zero-order valence-electron chi connectivity index (χ0n) is 27.6. The third-order valence-electron chi connectivity index (χ3n) is 8.85. The lowest BCUT2D eigenvalue weighted by Crippen LogP contribution is -2.54. The Morgan fingerprint density at radius 3 is 2.08 bits per heavy atom. The third-order valence-corrected chi connectivity index (χ3v) is 8.85. The summed E-state index contributed by atoms with van der Waals surface area (Å²) >= 11 is 0. The summed E-state index contributed by atoms with van der Waals surface area (Å²) in [6.07, 6.45) is 0.357. The van der Waals surface area contributed by atoms with E-state index >= 15 is 0 Å². The second-order valence-corrected chi connectivity index (χ2v) is 12.0. The molecule has 3 aromatic rings. The van der Waals surface area contributed by atoms with E-state index in [0.717, 1.165) is 4.90 Å². The lowest BCUT2D eigenvalue weighted by atomic mass is 9.98. The van der Waals surface area contributed by atoms with E-state index in [4.69, 9.17) is 18.9 Å². The van der Waals surface area contributed by atoms with Gasteiger partial charge in [-0.15, -0.1) is 0 Å². The first-order valence-corrected chi connectivity index (χ1v) is 16.8. The van der Waals surface area contributed by atoms with Crippen LogP contribution >= 0.6 is 0 Å². The molecular weight excluding hydrogens is 644 g/mol. The van der Waals surface area contributed by atoms with Crippen LogP contribution in [0.3, 0.4) is 0 Å². The van der Waals surface area contributed by atoms with Crippen molar-refractivity contribution in [3.8, 4) is 11.1 Å². The summed E-state index contributed by atoms with van der Waals surface area (Å²) in [4.78, 5) is 63.2. The topological polar surface area (TPSA) is 162 Å². The van der Waals surface area contributed by atoms with Gasteiger partial charge in [-0.3, -0.25) is 29.4 Å². The lowest BCUT2D eigenvalue weighted by Gasteiger charge is -2.27. The highest BCUT2D eigenvalue weighted by molar-refractivity contribution is 6.25. The minimum atomic E-state index is -1.01. The Morgan fingerprint density at radius 1 is 0.740 bits per heavy atom. The van der Waals surface area contributed by atoms with Crippen LogP contribution < -0.4 is 16.0 Å². The summed E-state index contributed by atoms with van der Waals surface area (Å²) in [5, 5.41) is 8.11. The number of rotatable bonds is 17. The van der Waals surface area contributed by atoms with Gasteiger partial charge in [0.2, 0.25) is 11.8 Å². The van der Waals surface area contributed by atoms with Crippen LogP contribution in [0.25, 0.3) is 11.1 Å². The maximum Gasteiger partial charge on any atom is 0.407 e. The third kappa shape index (κ3) is 7.85. The molecule has 1 atom stereocenters. The van der Waals surface area contributed by atoms with E-state index in [-0.39, 0.29) is 36.5 Å². The molecule has 1 fully saturated rings. The highest BCUT2D eigenvalue weighted by atomic mass is 16.6. The van der Waals surface area contributed by atoms with E-state index in [0.29, 0.717) is 64.8 Å². The highest BCUT2D eigenvalue weighted by Gasteiger charge is 2.45. The molecule has 0 saturated carbocycles. The highest BCUT2D eigenvalue weighted by Crippen LogP contribution is 2.44. The van der Waals surface area contributed by atoms with Gasteiger partial charge >= 0.3 is 6.09 Å². The van der Waals surface area contributed by atoms with E-state index in [2.05, 4.69) is 40.2 Å². The monoisotopic (exact) mass is 684 g/mol. The number of carbonyl (C=O) groups is 5. The average molecular weight is 685 g/mol. The van der Waals surface area contributed by atoms with E-state index in [1.807, 2.05) is 24.3 Å². The number of amides is 5. The van der Waals surface area contributed by atoms with Crippen molar-refractivity contribution in [2.45, 2.75) is 31.2 Å². The normalized spacial score (nSPS) is 16.6. The van der Waals surface area contributed by atoms with Gasteiger partial charge in [-0.1, -0.05) is 54.6 Å². The molecule has 50 heavy (non-hydrogen) atoms. The number of imide groups is 2. The molecule has 1 saturated heterocycles. The van der Waals surface area contributed by atoms with Crippen molar-refractivity contribution < 1.29 is 42.9 Å². The Hall–Kier alpha value is -5.11.